The molecule has 31 heavy (non-hydrogen) atoms. The number of rotatable bonds is 11. The van der Waals surface area contributed by atoms with Crippen LogP contribution in [-0.2, 0) is 11.3 Å². The normalized spacial score (nSPS) is 11.0. The number of ether oxygens (including phenoxy) is 1. The first-order valence-electron chi connectivity index (χ1n) is 9.96. The van der Waals surface area contributed by atoms with Gasteiger partial charge >= 0.3 is 0 Å². The van der Waals surface area contributed by atoms with Gasteiger partial charge in [-0.15, -0.1) is 0 Å². The summed E-state index contributed by atoms with van der Waals surface area (Å²) in [6, 6.07) is 4.85. The first-order valence-corrected chi connectivity index (χ1v) is 11.7. The van der Waals surface area contributed by atoms with Gasteiger partial charge in [-0.3, -0.25) is 4.79 Å². The Morgan fingerprint density at radius 2 is 2.06 bits per heavy atom. The van der Waals surface area contributed by atoms with E-state index in [0.29, 0.717) is 34.0 Å². The monoisotopic (exact) mass is 482 g/mol. The van der Waals surface area contributed by atoms with E-state index in [1.807, 2.05) is 0 Å². The highest BCUT2D eigenvalue weighted by Crippen LogP contribution is 2.27. The average Bonchev–Trinajstić information content (AvgIpc) is 3.15. The van der Waals surface area contributed by atoms with Crippen LogP contribution in [0.2, 0.25) is 10.0 Å². The summed E-state index contributed by atoms with van der Waals surface area (Å²) >= 11 is 13.5. The van der Waals surface area contributed by atoms with Crippen LogP contribution >= 0.6 is 35.0 Å². The van der Waals surface area contributed by atoms with Crippen molar-refractivity contribution >= 4 is 57.7 Å². The number of amides is 1. The van der Waals surface area contributed by atoms with Gasteiger partial charge in [0.05, 0.1) is 23.2 Å². The molecule has 0 saturated carbocycles. The molecule has 0 bridgehead atoms. The molecule has 0 saturated heterocycles. The molecule has 0 aliphatic heterocycles. The van der Waals surface area contributed by atoms with Crippen molar-refractivity contribution < 1.29 is 9.53 Å². The Labute approximate surface area is 195 Å². The quantitative estimate of drug-likeness (QED) is 0.311. The Morgan fingerprint density at radius 1 is 1.23 bits per heavy atom. The first kappa shape index (κ1) is 23.4. The van der Waals surface area contributed by atoms with E-state index in [2.05, 4.69) is 39.5 Å². The molecule has 8 nitrogen and oxygen atoms in total. The highest BCUT2D eigenvalue weighted by molar-refractivity contribution is 7.99. The summed E-state index contributed by atoms with van der Waals surface area (Å²) in [6.07, 6.45) is 2.74. The van der Waals surface area contributed by atoms with E-state index >= 15 is 0 Å². The number of nitrogens with zero attached hydrogens (tertiary/aromatic N) is 4. The smallest absolute Gasteiger partial charge is 0.258 e. The van der Waals surface area contributed by atoms with E-state index in [0.717, 1.165) is 35.6 Å². The zero-order chi connectivity index (χ0) is 22.2. The number of carbonyl (C=O) groups excluding carboxylic acids is 1. The number of halogens is 2. The highest BCUT2D eigenvalue weighted by atomic mass is 35.5. The van der Waals surface area contributed by atoms with Gasteiger partial charge in [0.1, 0.15) is 11.6 Å². The minimum absolute atomic E-state index is 0.147. The molecule has 2 aromatic heterocycles. The second kappa shape index (κ2) is 11.4. The van der Waals surface area contributed by atoms with Crippen molar-refractivity contribution in [2.24, 2.45) is 0 Å². The summed E-state index contributed by atoms with van der Waals surface area (Å²) in [7, 11) is 0. The predicted molar refractivity (Wildman–Crippen MR) is 125 cm³/mol. The lowest BCUT2D eigenvalue weighted by atomic mass is 10.3. The van der Waals surface area contributed by atoms with E-state index in [9.17, 15) is 4.79 Å². The molecule has 2 heterocycles. The SMILES string of the molecule is CCCNc1nc(SCC)nc2c1cnn2CCNC(=O)COc1ccc(Cl)cc1Cl. The third-order valence-electron chi connectivity index (χ3n) is 4.19. The zero-order valence-corrected chi connectivity index (χ0v) is 19.6. The summed E-state index contributed by atoms with van der Waals surface area (Å²) in [5.41, 5.74) is 0.739. The van der Waals surface area contributed by atoms with Crippen molar-refractivity contribution in [1.82, 2.24) is 25.1 Å². The molecular weight excluding hydrogens is 459 g/mol. The predicted octanol–water partition coefficient (Wildman–Crippen LogP) is 4.26. The number of hydrogen-bond acceptors (Lipinski definition) is 7. The molecule has 3 rings (SSSR count). The Bertz CT molecular complexity index is 1050. The molecule has 1 amide bonds. The molecule has 0 aliphatic carbocycles. The number of fused-ring (bicyclic) bond motifs is 1. The van der Waals surface area contributed by atoms with Gasteiger partial charge < -0.3 is 15.4 Å². The van der Waals surface area contributed by atoms with Crippen LogP contribution in [0.3, 0.4) is 0 Å². The summed E-state index contributed by atoms with van der Waals surface area (Å²) in [6.45, 7) is 5.68. The molecular formula is C20H24Cl2N6O2S. The van der Waals surface area contributed by atoms with Crippen molar-refractivity contribution in [3.8, 4) is 5.75 Å². The maximum atomic E-state index is 12.1. The van der Waals surface area contributed by atoms with Crippen LogP contribution in [0, 0.1) is 0 Å². The van der Waals surface area contributed by atoms with Crippen molar-refractivity contribution in [2.75, 3.05) is 30.8 Å². The molecule has 2 N–H and O–H groups in total. The maximum absolute atomic E-state index is 12.1. The Hall–Kier alpha value is -2.23. The van der Waals surface area contributed by atoms with Crippen LogP contribution in [0.15, 0.2) is 29.6 Å². The molecule has 3 aromatic rings. The highest BCUT2D eigenvalue weighted by Gasteiger charge is 2.13. The lowest BCUT2D eigenvalue weighted by Crippen LogP contribution is -2.31. The number of carbonyl (C=O) groups is 1. The number of anilines is 1. The van der Waals surface area contributed by atoms with Crippen molar-refractivity contribution in [2.45, 2.75) is 32.0 Å². The van der Waals surface area contributed by atoms with Crippen LogP contribution in [0.4, 0.5) is 5.82 Å². The van der Waals surface area contributed by atoms with Crippen molar-refractivity contribution in [3.05, 3.63) is 34.4 Å². The van der Waals surface area contributed by atoms with Crippen molar-refractivity contribution in [3.63, 3.8) is 0 Å². The molecule has 0 fully saturated rings. The number of nitrogens with one attached hydrogen (secondary N) is 2. The summed E-state index contributed by atoms with van der Waals surface area (Å²) in [5.74, 6) is 1.81. The van der Waals surface area contributed by atoms with Gasteiger partial charge in [0.25, 0.3) is 5.91 Å². The fourth-order valence-corrected chi connectivity index (χ4v) is 3.79. The Balaban J connectivity index is 1.59. The van der Waals surface area contributed by atoms with Gasteiger partial charge in [-0.1, -0.05) is 48.8 Å². The summed E-state index contributed by atoms with van der Waals surface area (Å²) in [4.78, 5) is 21.4. The largest absolute Gasteiger partial charge is 0.482 e. The molecule has 1 aromatic carbocycles. The van der Waals surface area contributed by atoms with Gasteiger partial charge in [0.2, 0.25) is 0 Å². The fraction of sp³-hybridized carbons (Fsp3) is 0.400. The minimum atomic E-state index is -0.260. The molecule has 0 radical (unpaired) electrons. The van der Waals surface area contributed by atoms with Gasteiger partial charge in [-0.25, -0.2) is 14.6 Å². The lowest BCUT2D eigenvalue weighted by Gasteiger charge is -2.10. The first-order chi connectivity index (χ1) is 15.0. The average molecular weight is 483 g/mol. The van der Waals surface area contributed by atoms with E-state index in [1.165, 1.54) is 0 Å². The zero-order valence-electron chi connectivity index (χ0n) is 17.3. The summed E-state index contributed by atoms with van der Waals surface area (Å²) in [5, 5.41) is 13.0. The third kappa shape index (κ3) is 6.38. The minimum Gasteiger partial charge on any atom is -0.482 e. The van der Waals surface area contributed by atoms with Gasteiger partial charge in [0, 0.05) is 18.1 Å². The Morgan fingerprint density at radius 3 is 2.81 bits per heavy atom. The molecule has 0 spiro atoms. The van der Waals surface area contributed by atoms with Gasteiger partial charge in [-0.2, -0.15) is 5.10 Å². The lowest BCUT2D eigenvalue weighted by molar-refractivity contribution is -0.123. The second-order valence-electron chi connectivity index (χ2n) is 6.53. The molecule has 0 aliphatic rings. The van der Waals surface area contributed by atoms with Gasteiger partial charge in [-0.05, 0) is 30.4 Å². The maximum Gasteiger partial charge on any atom is 0.258 e. The number of hydrogen-bond donors (Lipinski definition) is 2. The van der Waals surface area contributed by atoms with E-state index in [4.69, 9.17) is 27.9 Å². The standard InChI is InChI=1S/C20H24Cl2N6O2S/c1-3-7-24-18-14-11-25-28(19(14)27-20(26-18)31-4-2)9-8-23-17(29)12-30-16-6-5-13(21)10-15(16)22/h5-6,10-11H,3-4,7-9,12H2,1-2H3,(H,23,29)(H,24,26,27). The molecule has 166 valence electrons. The van der Waals surface area contributed by atoms with Gasteiger partial charge in [0.15, 0.2) is 17.4 Å². The van der Waals surface area contributed by atoms with E-state index in [1.54, 1.807) is 40.8 Å². The van der Waals surface area contributed by atoms with Crippen LogP contribution in [0.5, 0.6) is 5.75 Å². The molecule has 0 atom stereocenters. The second-order valence-corrected chi connectivity index (χ2v) is 8.61. The third-order valence-corrected chi connectivity index (χ3v) is 5.45. The van der Waals surface area contributed by atoms with Crippen LogP contribution < -0.4 is 15.4 Å². The number of thioether (sulfide) groups is 1. The van der Waals surface area contributed by atoms with E-state index in [-0.39, 0.29) is 12.5 Å². The topological polar surface area (TPSA) is 94.0 Å². The molecule has 0 unspecified atom stereocenters. The molecule has 11 heteroatoms. The Kier molecular flexibility index (Phi) is 8.62. The van der Waals surface area contributed by atoms with Crippen LogP contribution in [0.1, 0.15) is 20.3 Å². The fourth-order valence-electron chi connectivity index (χ4n) is 2.76. The van der Waals surface area contributed by atoms with Crippen LogP contribution in [0.25, 0.3) is 11.0 Å². The van der Waals surface area contributed by atoms with E-state index < -0.39 is 0 Å². The van der Waals surface area contributed by atoms with Crippen LogP contribution in [-0.4, -0.2) is 51.1 Å². The number of aromatic nitrogens is 4. The summed E-state index contributed by atoms with van der Waals surface area (Å²) < 4.78 is 7.22. The number of benzene rings is 1. The van der Waals surface area contributed by atoms with Crippen molar-refractivity contribution in [1.29, 1.82) is 0 Å².